The molecule has 0 saturated carbocycles. The number of nitriles is 1. The standard InChI is InChI=1S/C6H12N4/c1-5(3-7)4-10-6(8)9-2/h5H,4H2,1-2H3,(H3,8,9,10). The molecule has 0 spiro atoms. The Morgan fingerprint density at radius 1 is 1.90 bits per heavy atom. The van der Waals surface area contributed by atoms with Gasteiger partial charge < -0.3 is 11.1 Å². The van der Waals surface area contributed by atoms with Crippen LogP contribution < -0.4 is 11.1 Å². The van der Waals surface area contributed by atoms with Gasteiger partial charge in [-0.1, -0.05) is 0 Å². The van der Waals surface area contributed by atoms with Crippen molar-refractivity contribution in [3.05, 3.63) is 0 Å². The van der Waals surface area contributed by atoms with Gasteiger partial charge in [0.15, 0.2) is 5.96 Å². The molecule has 0 aliphatic heterocycles. The molecule has 4 nitrogen and oxygen atoms in total. The van der Waals surface area contributed by atoms with Crippen molar-refractivity contribution < 1.29 is 0 Å². The van der Waals surface area contributed by atoms with Gasteiger partial charge in [-0.05, 0) is 6.92 Å². The molecular formula is C6H12N4. The minimum atomic E-state index is -0.0275. The summed E-state index contributed by atoms with van der Waals surface area (Å²) in [5.74, 6) is 0.349. The van der Waals surface area contributed by atoms with Crippen molar-refractivity contribution >= 4 is 5.96 Å². The summed E-state index contributed by atoms with van der Waals surface area (Å²) in [4.78, 5) is 3.67. The van der Waals surface area contributed by atoms with Gasteiger partial charge in [0.05, 0.1) is 12.0 Å². The summed E-state index contributed by atoms with van der Waals surface area (Å²) in [6, 6.07) is 2.07. The van der Waals surface area contributed by atoms with Crippen molar-refractivity contribution in [1.82, 2.24) is 5.32 Å². The van der Waals surface area contributed by atoms with Crippen LogP contribution in [0.5, 0.6) is 0 Å². The molecular weight excluding hydrogens is 128 g/mol. The summed E-state index contributed by atoms with van der Waals surface area (Å²) in [5, 5.41) is 11.1. The van der Waals surface area contributed by atoms with Gasteiger partial charge in [0.25, 0.3) is 0 Å². The number of nitrogens with zero attached hydrogens (tertiary/aromatic N) is 2. The van der Waals surface area contributed by atoms with Gasteiger partial charge >= 0.3 is 0 Å². The highest BCUT2D eigenvalue weighted by Crippen LogP contribution is 1.85. The Morgan fingerprint density at radius 2 is 2.50 bits per heavy atom. The summed E-state index contributed by atoms with van der Waals surface area (Å²) < 4.78 is 0. The number of nitrogens with one attached hydrogen (secondary N) is 1. The molecule has 0 aliphatic carbocycles. The Morgan fingerprint density at radius 3 is 2.90 bits per heavy atom. The fourth-order valence-corrected chi connectivity index (χ4v) is 0.382. The summed E-state index contributed by atoms with van der Waals surface area (Å²) in [6.45, 7) is 2.37. The van der Waals surface area contributed by atoms with E-state index in [1.807, 2.05) is 6.92 Å². The van der Waals surface area contributed by atoms with E-state index in [9.17, 15) is 0 Å². The lowest BCUT2D eigenvalue weighted by molar-refractivity contribution is 0.698. The molecule has 0 saturated heterocycles. The highest BCUT2D eigenvalue weighted by Gasteiger charge is 1.97. The molecule has 0 heterocycles. The second-order valence-corrected chi connectivity index (χ2v) is 2.02. The smallest absolute Gasteiger partial charge is 0.188 e. The number of aliphatic imine (C=N–C) groups is 1. The molecule has 0 aromatic rings. The maximum Gasteiger partial charge on any atom is 0.188 e. The second-order valence-electron chi connectivity index (χ2n) is 2.02. The van der Waals surface area contributed by atoms with Gasteiger partial charge in [0, 0.05) is 13.6 Å². The predicted octanol–water partition coefficient (Wildman–Crippen LogP) is -0.320. The molecule has 1 atom stereocenters. The number of guanidine groups is 1. The van der Waals surface area contributed by atoms with Crippen molar-refractivity contribution in [3.8, 4) is 6.07 Å². The first kappa shape index (κ1) is 8.76. The van der Waals surface area contributed by atoms with Crippen LogP contribution in [0, 0.1) is 17.2 Å². The minimum absolute atomic E-state index is 0.0275. The van der Waals surface area contributed by atoms with E-state index >= 15 is 0 Å². The van der Waals surface area contributed by atoms with Gasteiger partial charge in [-0.3, -0.25) is 4.99 Å². The fourth-order valence-electron chi connectivity index (χ4n) is 0.382. The molecule has 0 aromatic carbocycles. The molecule has 1 unspecified atom stereocenters. The molecule has 0 aliphatic rings. The Kier molecular flexibility index (Phi) is 4.05. The van der Waals surface area contributed by atoms with Crippen molar-refractivity contribution in [2.75, 3.05) is 13.6 Å². The Balaban J connectivity index is 3.47. The van der Waals surface area contributed by atoms with Crippen LogP contribution in [0.4, 0.5) is 0 Å². The summed E-state index contributed by atoms with van der Waals surface area (Å²) in [6.07, 6.45) is 0. The monoisotopic (exact) mass is 140 g/mol. The quantitative estimate of drug-likeness (QED) is 0.408. The summed E-state index contributed by atoms with van der Waals surface area (Å²) >= 11 is 0. The van der Waals surface area contributed by atoms with Gasteiger partial charge in [0.1, 0.15) is 0 Å². The van der Waals surface area contributed by atoms with E-state index in [1.165, 1.54) is 0 Å². The fraction of sp³-hybridized carbons (Fsp3) is 0.667. The molecule has 0 amide bonds. The van der Waals surface area contributed by atoms with Crippen LogP contribution >= 0.6 is 0 Å². The molecule has 0 fully saturated rings. The summed E-state index contributed by atoms with van der Waals surface area (Å²) in [5.41, 5.74) is 5.31. The Labute approximate surface area is 60.7 Å². The van der Waals surface area contributed by atoms with E-state index in [-0.39, 0.29) is 5.92 Å². The molecule has 4 heteroatoms. The first-order valence-electron chi connectivity index (χ1n) is 3.06. The maximum atomic E-state index is 8.35. The largest absolute Gasteiger partial charge is 0.370 e. The first-order valence-corrected chi connectivity index (χ1v) is 3.06. The number of nitrogens with two attached hydrogens (primary N) is 1. The zero-order valence-electron chi connectivity index (χ0n) is 6.26. The van der Waals surface area contributed by atoms with Crippen molar-refractivity contribution in [1.29, 1.82) is 5.26 Å². The van der Waals surface area contributed by atoms with Crippen LogP contribution in [0.25, 0.3) is 0 Å². The van der Waals surface area contributed by atoms with E-state index in [1.54, 1.807) is 7.05 Å². The molecule has 0 rings (SSSR count). The molecule has 0 bridgehead atoms. The van der Waals surface area contributed by atoms with Gasteiger partial charge in [-0.2, -0.15) is 5.26 Å². The summed E-state index contributed by atoms with van der Waals surface area (Å²) in [7, 11) is 1.60. The van der Waals surface area contributed by atoms with Crippen molar-refractivity contribution in [3.63, 3.8) is 0 Å². The van der Waals surface area contributed by atoms with Crippen LogP contribution in [-0.4, -0.2) is 19.6 Å². The number of hydrogen-bond donors (Lipinski definition) is 2. The van der Waals surface area contributed by atoms with Crippen LogP contribution in [-0.2, 0) is 0 Å². The molecule has 0 aromatic heterocycles. The molecule has 10 heavy (non-hydrogen) atoms. The predicted molar refractivity (Wildman–Crippen MR) is 40.3 cm³/mol. The van der Waals surface area contributed by atoms with Gasteiger partial charge in [-0.15, -0.1) is 0 Å². The third kappa shape index (κ3) is 3.72. The number of hydrogen-bond acceptors (Lipinski definition) is 2. The highest BCUT2D eigenvalue weighted by molar-refractivity contribution is 5.77. The topological polar surface area (TPSA) is 74.2 Å². The van der Waals surface area contributed by atoms with E-state index in [0.29, 0.717) is 12.5 Å². The molecule has 0 radical (unpaired) electrons. The average molecular weight is 140 g/mol. The van der Waals surface area contributed by atoms with Crippen LogP contribution in [0.15, 0.2) is 4.99 Å². The van der Waals surface area contributed by atoms with E-state index in [2.05, 4.69) is 16.4 Å². The lowest BCUT2D eigenvalue weighted by Gasteiger charge is -2.04. The minimum Gasteiger partial charge on any atom is -0.370 e. The lowest BCUT2D eigenvalue weighted by Crippen LogP contribution is -2.34. The lowest BCUT2D eigenvalue weighted by atomic mass is 10.2. The SMILES string of the molecule is CN=C(N)NCC(C)C#N. The zero-order valence-corrected chi connectivity index (χ0v) is 6.26. The highest BCUT2D eigenvalue weighted by atomic mass is 15.1. The Hall–Kier alpha value is -1.24. The zero-order chi connectivity index (χ0) is 7.98. The third-order valence-corrected chi connectivity index (χ3v) is 1.05. The maximum absolute atomic E-state index is 8.35. The normalized spacial score (nSPS) is 13.9. The number of rotatable bonds is 2. The molecule has 56 valence electrons. The van der Waals surface area contributed by atoms with Crippen LogP contribution in [0.2, 0.25) is 0 Å². The Bertz CT molecular complexity index is 156. The van der Waals surface area contributed by atoms with Gasteiger partial charge in [-0.25, -0.2) is 0 Å². The van der Waals surface area contributed by atoms with Crippen molar-refractivity contribution in [2.24, 2.45) is 16.6 Å². The van der Waals surface area contributed by atoms with Crippen LogP contribution in [0.3, 0.4) is 0 Å². The van der Waals surface area contributed by atoms with E-state index in [4.69, 9.17) is 11.0 Å². The van der Waals surface area contributed by atoms with Crippen molar-refractivity contribution in [2.45, 2.75) is 6.92 Å². The first-order chi connectivity index (χ1) is 4.70. The second kappa shape index (κ2) is 4.62. The van der Waals surface area contributed by atoms with E-state index in [0.717, 1.165) is 0 Å². The average Bonchev–Trinajstić information content (AvgIpc) is 1.99. The van der Waals surface area contributed by atoms with Crippen LogP contribution in [0.1, 0.15) is 6.92 Å². The van der Waals surface area contributed by atoms with E-state index < -0.39 is 0 Å². The molecule has 3 N–H and O–H groups in total. The third-order valence-electron chi connectivity index (χ3n) is 1.05. The van der Waals surface area contributed by atoms with Gasteiger partial charge in [0.2, 0.25) is 0 Å².